The Labute approximate surface area is 194 Å². The molecule has 1 heterocycles. The van der Waals surface area contributed by atoms with E-state index in [0.29, 0.717) is 17.7 Å². The van der Waals surface area contributed by atoms with Crippen LogP contribution in [-0.4, -0.2) is 42.3 Å². The first-order valence-corrected chi connectivity index (χ1v) is 12.6. The maximum atomic E-state index is 13.1. The molecule has 3 aromatic carbocycles. The summed E-state index contributed by atoms with van der Waals surface area (Å²) in [6.07, 6.45) is 3.13. The number of hydrogen-bond acceptors (Lipinski definition) is 4. The van der Waals surface area contributed by atoms with Crippen molar-refractivity contribution in [3.05, 3.63) is 108 Å². The second-order valence-corrected chi connectivity index (χ2v) is 10.2. The first-order valence-electron chi connectivity index (χ1n) is 10.5. The van der Waals surface area contributed by atoms with Crippen LogP contribution in [0.25, 0.3) is 16.9 Å². The molecule has 0 aliphatic rings. The van der Waals surface area contributed by atoms with E-state index in [2.05, 4.69) is 0 Å². The number of benzene rings is 3. The first-order chi connectivity index (χ1) is 15.8. The van der Waals surface area contributed by atoms with E-state index in [1.165, 1.54) is 6.26 Å². The van der Waals surface area contributed by atoms with Gasteiger partial charge in [0.1, 0.15) is 0 Å². The first kappa shape index (κ1) is 22.5. The second-order valence-electron chi connectivity index (χ2n) is 8.08. The average Bonchev–Trinajstić information content (AvgIpc) is 3.22. The van der Waals surface area contributed by atoms with Gasteiger partial charge in [-0.25, -0.2) is 13.1 Å². The largest absolute Gasteiger partial charge is 0.337 e. The number of carbonyl (C=O) groups excluding carboxylic acids is 1. The topological polar surface area (TPSA) is 72.3 Å². The van der Waals surface area contributed by atoms with Crippen LogP contribution in [0.15, 0.2) is 91.1 Å². The number of para-hydroxylation sites is 1. The normalized spacial score (nSPS) is 11.3. The van der Waals surface area contributed by atoms with Crippen LogP contribution < -0.4 is 0 Å². The van der Waals surface area contributed by atoms with Gasteiger partial charge in [-0.3, -0.25) is 4.79 Å². The molecule has 0 fully saturated rings. The Morgan fingerprint density at radius 1 is 0.939 bits per heavy atom. The smallest absolute Gasteiger partial charge is 0.253 e. The lowest BCUT2D eigenvalue weighted by Crippen LogP contribution is -2.26. The molecule has 0 unspecified atom stereocenters. The van der Waals surface area contributed by atoms with Crippen LogP contribution in [0.2, 0.25) is 0 Å². The van der Waals surface area contributed by atoms with E-state index in [1.54, 1.807) is 36.2 Å². The molecule has 0 N–H and O–H groups in total. The molecular weight excluding hydrogens is 434 g/mol. The summed E-state index contributed by atoms with van der Waals surface area (Å²) in [5, 5.41) is 4.80. The zero-order valence-electron chi connectivity index (χ0n) is 18.5. The minimum absolute atomic E-state index is 0.0974. The van der Waals surface area contributed by atoms with Crippen LogP contribution in [0.3, 0.4) is 0 Å². The van der Waals surface area contributed by atoms with Gasteiger partial charge in [0.2, 0.25) is 0 Å². The maximum absolute atomic E-state index is 13.1. The van der Waals surface area contributed by atoms with E-state index >= 15 is 0 Å². The highest BCUT2D eigenvalue weighted by atomic mass is 32.2. The molecule has 4 rings (SSSR count). The zero-order valence-corrected chi connectivity index (χ0v) is 19.4. The Bertz CT molecular complexity index is 1360. The third-order valence-corrected chi connectivity index (χ3v) is 6.07. The highest BCUT2D eigenvalue weighted by Gasteiger charge is 2.18. The molecule has 0 bridgehead atoms. The molecule has 6 nitrogen and oxygen atoms in total. The fraction of sp³-hybridized carbons (Fsp3) is 0.154. The zero-order chi connectivity index (χ0) is 23.4. The van der Waals surface area contributed by atoms with Gasteiger partial charge in [-0.05, 0) is 29.8 Å². The SMILES string of the molecule is CN(Cc1cn(-c2ccccc2)nc1-c1ccccc1)C(=O)c1cccc(CS(C)(=O)=O)c1. The van der Waals surface area contributed by atoms with Crippen LogP contribution in [0.4, 0.5) is 0 Å². The lowest BCUT2D eigenvalue weighted by atomic mass is 10.1. The van der Waals surface area contributed by atoms with Crippen molar-refractivity contribution in [1.29, 1.82) is 0 Å². The quantitative estimate of drug-likeness (QED) is 0.412. The van der Waals surface area contributed by atoms with E-state index in [9.17, 15) is 13.2 Å². The van der Waals surface area contributed by atoms with Gasteiger partial charge in [-0.15, -0.1) is 0 Å². The predicted octanol–water partition coefficient (Wildman–Crippen LogP) is 4.36. The van der Waals surface area contributed by atoms with Crippen molar-refractivity contribution in [3.8, 4) is 16.9 Å². The molecule has 0 aliphatic heterocycles. The summed E-state index contributed by atoms with van der Waals surface area (Å²) < 4.78 is 25.1. The minimum Gasteiger partial charge on any atom is -0.337 e. The molecule has 4 aromatic rings. The Hall–Kier alpha value is -3.71. The number of amides is 1. The number of rotatable bonds is 7. The van der Waals surface area contributed by atoms with Gasteiger partial charge in [-0.2, -0.15) is 5.10 Å². The maximum Gasteiger partial charge on any atom is 0.253 e. The monoisotopic (exact) mass is 459 g/mol. The van der Waals surface area contributed by atoms with Gasteiger partial charge in [0.25, 0.3) is 5.91 Å². The Kier molecular flexibility index (Phi) is 6.42. The summed E-state index contributed by atoms with van der Waals surface area (Å²) >= 11 is 0. The van der Waals surface area contributed by atoms with Crippen molar-refractivity contribution in [2.45, 2.75) is 12.3 Å². The van der Waals surface area contributed by atoms with Crippen molar-refractivity contribution in [2.24, 2.45) is 0 Å². The molecule has 0 radical (unpaired) electrons. The average molecular weight is 460 g/mol. The molecule has 0 aliphatic carbocycles. The summed E-state index contributed by atoms with van der Waals surface area (Å²) in [4.78, 5) is 14.8. The van der Waals surface area contributed by atoms with E-state index in [0.717, 1.165) is 22.5 Å². The summed E-state index contributed by atoms with van der Waals surface area (Å²) in [6.45, 7) is 0.353. The van der Waals surface area contributed by atoms with Crippen molar-refractivity contribution < 1.29 is 13.2 Å². The summed E-state index contributed by atoms with van der Waals surface area (Å²) in [5.41, 5.74) is 4.67. The third-order valence-electron chi connectivity index (χ3n) is 5.21. The van der Waals surface area contributed by atoms with Gasteiger partial charge in [0.05, 0.1) is 17.1 Å². The molecule has 168 valence electrons. The van der Waals surface area contributed by atoms with Gasteiger partial charge in [-0.1, -0.05) is 60.7 Å². The number of aromatic nitrogens is 2. The number of carbonyl (C=O) groups is 1. The van der Waals surface area contributed by atoms with Gasteiger partial charge in [0, 0.05) is 42.7 Å². The molecule has 33 heavy (non-hydrogen) atoms. The number of sulfone groups is 1. The van der Waals surface area contributed by atoms with E-state index in [-0.39, 0.29) is 11.7 Å². The van der Waals surface area contributed by atoms with E-state index in [1.807, 2.05) is 71.5 Å². The number of hydrogen-bond donors (Lipinski definition) is 0. The lowest BCUT2D eigenvalue weighted by Gasteiger charge is -2.17. The van der Waals surface area contributed by atoms with Crippen molar-refractivity contribution >= 4 is 15.7 Å². The van der Waals surface area contributed by atoms with E-state index < -0.39 is 9.84 Å². The van der Waals surface area contributed by atoms with E-state index in [4.69, 9.17) is 5.10 Å². The molecule has 1 amide bonds. The van der Waals surface area contributed by atoms with Gasteiger partial charge < -0.3 is 4.90 Å². The standard InChI is InChI=1S/C26H25N3O3S/c1-28(26(30)22-13-9-10-20(16-22)19-33(2,31)32)17-23-18-29(24-14-7-4-8-15-24)27-25(23)21-11-5-3-6-12-21/h3-16,18H,17,19H2,1-2H3. The van der Waals surface area contributed by atoms with Crippen LogP contribution in [0.1, 0.15) is 21.5 Å². The summed E-state index contributed by atoms with van der Waals surface area (Å²) in [5.74, 6) is -0.281. The predicted molar refractivity (Wildman–Crippen MR) is 130 cm³/mol. The van der Waals surface area contributed by atoms with Crippen molar-refractivity contribution in [3.63, 3.8) is 0 Å². The highest BCUT2D eigenvalue weighted by molar-refractivity contribution is 7.89. The summed E-state index contributed by atoms with van der Waals surface area (Å²) in [7, 11) is -1.45. The minimum atomic E-state index is -3.18. The van der Waals surface area contributed by atoms with Crippen LogP contribution >= 0.6 is 0 Å². The van der Waals surface area contributed by atoms with Crippen molar-refractivity contribution in [1.82, 2.24) is 14.7 Å². The molecular formula is C26H25N3O3S. The number of nitrogens with zero attached hydrogens (tertiary/aromatic N) is 3. The lowest BCUT2D eigenvalue weighted by molar-refractivity contribution is 0.0785. The summed E-state index contributed by atoms with van der Waals surface area (Å²) in [6, 6.07) is 26.5. The fourth-order valence-electron chi connectivity index (χ4n) is 3.72. The Balaban J connectivity index is 1.63. The van der Waals surface area contributed by atoms with Crippen LogP contribution in [0, 0.1) is 0 Å². The molecule has 1 aromatic heterocycles. The molecule has 0 saturated heterocycles. The van der Waals surface area contributed by atoms with Crippen molar-refractivity contribution in [2.75, 3.05) is 13.3 Å². The van der Waals surface area contributed by atoms with Gasteiger partial charge >= 0.3 is 0 Å². The Morgan fingerprint density at radius 2 is 1.61 bits per heavy atom. The second kappa shape index (κ2) is 9.42. The molecule has 7 heteroatoms. The van der Waals surface area contributed by atoms with Crippen LogP contribution in [0.5, 0.6) is 0 Å². The van der Waals surface area contributed by atoms with Gasteiger partial charge in [0.15, 0.2) is 9.84 Å². The molecule has 0 saturated carbocycles. The third kappa shape index (κ3) is 5.56. The molecule has 0 atom stereocenters. The van der Waals surface area contributed by atoms with Crippen LogP contribution in [-0.2, 0) is 22.1 Å². The molecule has 0 spiro atoms. The highest BCUT2D eigenvalue weighted by Crippen LogP contribution is 2.25. The fourth-order valence-corrected chi connectivity index (χ4v) is 4.51. The Morgan fingerprint density at radius 3 is 2.27 bits per heavy atom.